The fourth-order valence-corrected chi connectivity index (χ4v) is 2.49. The molecule has 0 atom stereocenters. The number of carbonyl (C=O) groups excluding carboxylic acids is 1. The number of hydrogen-bond donors (Lipinski definition) is 2. The molecule has 0 bridgehead atoms. The fourth-order valence-electron chi connectivity index (χ4n) is 2.49. The molecule has 0 heterocycles. The molecule has 2 rings (SSSR count). The zero-order chi connectivity index (χ0) is 18.1. The molecule has 0 radical (unpaired) electrons. The first-order valence-electron chi connectivity index (χ1n) is 8.61. The zero-order valence-electron chi connectivity index (χ0n) is 15.7. The lowest BCUT2D eigenvalue weighted by Gasteiger charge is -2.18. The summed E-state index contributed by atoms with van der Waals surface area (Å²) in [5, 5.41) is 6.73. The summed E-state index contributed by atoms with van der Waals surface area (Å²) in [7, 11) is 5.14. The molecule has 0 unspecified atom stereocenters. The number of rotatable bonds is 7. The van der Waals surface area contributed by atoms with Gasteiger partial charge in [-0.2, -0.15) is 0 Å². The van der Waals surface area contributed by atoms with Gasteiger partial charge in [-0.15, -0.1) is 24.0 Å². The highest BCUT2D eigenvalue weighted by Crippen LogP contribution is 2.11. The third kappa shape index (κ3) is 7.63. The Morgan fingerprint density at radius 3 is 2.46 bits per heavy atom. The van der Waals surface area contributed by atoms with Crippen LogP contribution in [-0.4, -0.2) is 57.1 Å². The first kappa shape index (κ1) is 22.3. The minimum atomic E-state index is -0.0131. The predicted octanol–water partition coefficient (Wildman–Crippen LogP) is 2.20. The molecular formula is C19H29IN4O2. The van der Waals surface area contributed by atoms with Crippen LogP contribution in [0.5, 0.6) is 5.75 Å². The Morgan fingerprint density at radius 1 is 1.23 bits per heavy atom. The molecule has 0 aromatic heterocycles. The molecule has 7 heteroatoms. The third-order valence-corrected chi connectivity index (χ3v) is 4.09. The zero-order valence-corrected chi connectivity index (χ0v) is 18.0. The first-order valence-corrected chi connectivity index (χ1v) is 8.61. The minimum Gasteiger partial charge on any atom is -0.497 e. The molecule has 0 saturated heterocycles. The molecule has 0 aliphatic heterocycles. The molecule has 1 aliphatic carbocycles. The van der Waals surface area contributed by atoms with Crippen LogP contribution in [0.1, 0.15) is 18.4 Å². The molecule has 144 valence electrons. The van der Waals surface area contributed by atoms with E-state index in [0.29, 0.717) is 12.0 Å². The summed E-state index contributed by atoms with van der Waals surface area (Å²) in [6.07, 6.45) is 7.17. The number of nitrogens with zero attached hydrogens (tertiary/aromatic N) is 2. The Morgan fingerprint density at radius 2 is 1.88 bits per heavy atom. The number of guanidine groups is 1. The number of carbonyl (C=O) groups is 1. The smallest absolute Gasteiger partial charge is 0.243 e. The van der Waals surface area contributed by atoms with Crippen LogP contribution >= 0.6 is 24.0 Å². The molecular weight excluding hydrogens is 443 g/mol. The largest absolute Gasteiger partial charge is 0.497 e. The molecule has 1 aromatic rings. The second-order valence-corrected chi connectivity index (χ2v) is 6.26. The van der Waals surface area contributed by atoms with Crippen molar-refractivity contribution in [2.45, 2.75) is 25.3 Å². The van der Waals surface area contributed by atoms with Crippen LogP contribution in [0.15, 0.2) is 41.4 Å². The van der Waals surface area contributed by atoms with E-state index >= 15 is 0 Å². The van der Waals surface area contributed by atoms with Crippen LogP contribution in [0.25, 0.3) is 0 Å². The number of aliphatic imine (C=N–C) groups is 1. The quantitative estimate of drug-likeness (QED) is 0.277. The average Bonchev–Trinajstić information content (AvgIpc) is 3.12. The summed E-state index contributed by atoms with van der Waals surface area (Å²) in [5.74, 6) is 1.54. The number of amides is 1. The molecule has 1 aromatic carbocycles. The van der Waals surface area contributed by atoms with Crippen molar-refractivity contribution in [1.29, 1.82) is 0 Å². The number of benzene rings is 1. The highest BCUT2D eigenvalue weighted by atomic mass is 127. The molecule has 2 N–H and O–H groups in total. The van der Waals surface area contributed by atoms with Gasteiger partial charge in [-0.05, 0) is 37.0 Å². The lowest BCUT2D eigenvalue weighted by Crippen LogP contribution is -2.44. The van der Waals surface area contributed by atoms with Crippen LogP contribution in [-0.2, 0) is 11.2 Å². The topological polar surface area (TPSA) is 66.0 Å². The minimum absolute atomic E-state index is 0. The SMILES string of the molecule is COc1ccc(CCNC(=NCC(=O)N(C)C)NC2CC=CC2)cc1.I. The van der Waals surface area contributed by atoms with Crippen molar-refractivity contribution in [3.8, 4) is 5.75 Å². The Bertz CT molecular complexity index is 606. The van der Waals surface area contributed by atoms with E-state index < -0.39 is 0 Å². The third-order valence-electron chi connectivity index (χ3n) is 4.09. The molecule has 6 nitrogen and oxygen atoms in total. The van der Waals surface area contributed by atoms with Crippen molar-refractivity contribution < 1.29 is 9.53 Å². The number of methoxy groups -OCH3 is 1. The summed E-state index contributed by atoms with van der Waals surface area (Å²) in [6, 6.07) is 8.38. The van der Waals surface area contributed by atoms with Gasteiger partial charge in [0, 0.05) is 26.7 Å². The van der Waals surface area contributed by atoms with Gasteiger partial charge in [0.25, 0.3) is 0 Å². The number of halogens is 1. The van der Waals surface area contributed by atoms with Gasteiger partial charge in [0.1, 0.15) is 12.3 Å². The van der Waals surface area contributed by atoms with Crippen molar-refractivity contribution in [1.82, 2.24) is 15.5 Å². The van der Waals surface area contributed by atoms with Gasteiger partial charge in [-0.3, -0.25) is 4.79 Å². The summed E-state index contributed by atoms with van der Waals surface area (Å²) in [5.41, 5.74) is 1.22. The first-order chi connectivity index (χ1) is 12.1. The highest BCUT2D eigenvalue weighted by Gasteiger charge is 2.12. The Hall–Kier alpha value is -1.77. The molecule has 1 aliphatic rings. The van der Waals surface area contributed by atoms with E-state index in [-0.39, 0.29) is 36.4 Å². The van der Waals surface area contributed by atoms with Crippen molar-refractivity contribution in [3.05, 3.63) is 42.0 Å². The summed E-state index contributed by atoms with van der Waals surface area (Å²) >= 11 is 0. The molecule has 0 spiro atoms. The van der Waals surface area contributed by atoms with Gasteiger partial charge in [0.15, 0.2) is 5.96 Å². The maximum atomic E-state index is 11.8. The Kier molecular flexibility index (Phi) is 10.1. The predicted molar refractivity (Wildman–Crippen MR) is 116 cm³/mol. The van der Waals surface area contributed by atoms with E-state index in [9.17, 15) is 4.79 Å². The standard InChI is InChI=1S/C19H28N4O2.HI/c1-23(2)18(24)14-21-19(22-16-6-4-5-7-16)20-13-12-15-8-10-17(25-3)11-9-15;/h4-5,8-11,16H,6-7,12-14H2,1-3H3,(H2,20,21,22);1H. The van der Waals surface area contributed by atoms with E-state index in [1.807, 2.05) is 12.1 Å². The van der Waals surface area contributed by atoms with Gasteiger partial charge in [0.05, 0.1) is 7.11 Å². The summed E-state index contributed by atoms with van der Waals surface area (Å²) in [6.45, 7) is 0.888. The second-order valence-electron chi connectivity index (χ2n) is 6.26. The van der Waals surface area contributed by atoms with E-state index in [4.69, 9.17) is 4.74 Å². The second kappa shape index (κ2) is 11.8. The monoisotopic (exact) mass is 472 g/mol. The number of ether oxygens (including phenoxy) is 1. The van der Waals surface area contributed by atoms with E-state index in [0.717, 1.165) is 31.6 Å². The highest BCUT2D eigenvalue weighted by molar-refractivity contribution is 14.0. The van der Waals surface area contributed by atoms with E-state index in [1.165, 1.54) is 5.56 Å². The number of likely N-dealkylation sites (N-methyl/N-ethyl adjacent to an activating group) is 1. The van der Waals surface area contributed by atoms with E-state index in [1.54, 1.807) is 26.1 Å². The Balaban J connectivity index is 0.00000338. The molecule has 26 heavy (non-hydrogen) atoms. The van der Waals surface area contributed by atoms with Crippen LogP contribution < -0.4 is 15.4 Å². The maximum Gasteiger partial charge on any atom is 0.243 e. The van der Waals surface area contributed by atoms with E-state index in [2.05, 4.69) is 39.9 Å². The number of nitrogens with one attached hydrogen (secondary N) is 2. The molecule has 0 saturated carbocycles. The lowest BCUT2D eigenvalue weighted by molar-refractivity contribution is -0.127. The lowest BCUT2D eigenvalue weighted by atomic mass is 10.1. The van der Waals surface area contributed by atoms with Crippen LogP contribution in [0, 0.1) is 0 Å². The van der Waals surface area contributed by atoms with Crippen molar-refractivity contribution in [2.24, 2.45) is 4.99 Å². The van der Waals surface area contributed by atoms with Gasteiger partial charge >= 0.3 is 0 Å². The van der Waals surface area contributed by atoms with Gasteiger partial charge in [-0.1, -0.05) is 24.3 Å². The van der Waals surface area contributed by atoms with Crippen LogP contribution in [0.3, 0.4) is 0 Å². The van der Waals surface area contributed by atoms with Gasteiger partial charge < -0.3 is 20.3 Å². The van der Waals surface area contributed by atoms with Crippen molar-refractivity contribution in [3.63, 3.8) is 0 Å². The number of hydrogen-bond acceptors (Lipinski definition) is 3. The summed E-state index contributed by atoms with van der Waals surface area (Å²) in [4.78, 5) is 17.8. The maximum absolute atomic E-state index is 11.8. The van der Waals surface area contributed by atoms with Crippen LogP contribution in [0.2, 0.25) is 0 Å². The van der Waals surface area contributed by atoms with Crippen molar-refractivity contribution >= 4 is 35.8 Å². The van der Waals surface area contributed by atoms with Gasteiger partial charge in [-0.25, -0.2) is 4.99 Å². The molecule has 0 fully saturated rings. The van der Waals surface area contributed by atoms with Crippen molar-refractivity contribution in [2.75, 3.05) is 34.3 Å². The molecule has 1 amide bonds. The fraction of sp³-hybridized carbons (Fsp3) is 0.474. The average molecular weight is 472 g/mol. The normalized spacial score (nSPS) is 13.9. The van der Waals surface area contributed by atoms with Crippen LogP contribution in [0.4, 0.5) is 0 Å². The Labute approximate surface area is 173 Å². The van der Waals surface area contributed by atoms with Gasteiger partial charge in [0.2, 0.25) is 5.91 Å². The summed E-state index contributed by atoms with van der Waals surface area (Å²) < 4.78 is 5.17.